The lowest BCUT2D eigenvalue weighted by molar-refractivity contribution is -0.149. The quantitative estimate of drug-likeness (QED) is 0.674. The van der Waals surface area contributed by atoms with Crippen LogP contribution >= 0.6 is 0 Å². The van der Waals surface area contributed by atoms with Gasteiger partial charge in [0, 0.05) is 13.2 Å². The Kier molecular flexibility index (Phi) is 4.26. The Balaban J connectivity index is 1.68. The smallest absolute Gasteiger partial charge is 0.332 e. The number of carbonyl (C=O) groups excluding carboxylic acids is 1. The molecule has 2 aliphatic heterocycles. The summed E-state index contributed by atoms with van der Waals surface area (Å²) in [7, 11) is 0. The van der Waals surface area contributed by atoms with Crippen molar-refractivity contribution in [1.82, 2.24) is 10.6 Å². The molecule has 0 spiro atoms. The van der Waals surface area contributed by atoms with Crippen molar-refractivity contribution in [1.29, 1.82) is 0 Å². The van der Waals surface area contributed by atoms with E-state index in [4.69, 9.17) is 14.6 Å². The van der Waals surface area contributed by atoms with Gasteiger partial charge >= 0.3 is 12.0 Å². The fourth-order valence-electron chi connectivity index (χ4n) is 2.33. The van der Waals surface area contributed by atoms with Crippen LogP contribution in [-0.4, -0.2) is 54.6 Å². The van der Waals surface area contributed by atoms with Gasteiger partial charge in [-0.1, -0.05) is 0 Å². The third-order valence-corrected chi connectivity index (χ3v) is 3.51. The number of hydrogen-bond donors (Lipinski definition) is 3. The molecule has 0 aromatic rings. The predicted molar refractivity (Wildman–Crippen MR) is 65.9 cm³/mol. The number of rotatable bonds is 4. The Morgan fingerprint density at radius 1 is 1.42 bits per heavy atom. The van der Waals surface area contributed by atoms with Gasteiger partial charge in [-0.25, -0.2) is 9.59 Å². The lowest BCUT2D eigenvalue weighted by Crippen LogP contribution is -2.51. The Hall–Kier alpha value is -1.34. The van der Waals surface area contributed by atoms with Gasteiger partial charge in [0.25, 0.3) is 0 Å². The zero-order chi connectivity index (χ0) is 13.9. The molecular weight excluding hydrogens is 252 g/mol. The second-order valence-corrected chi connectivity index (χ2v) is 5.36. The molecule has 0 saturated carbocycles. The van der Waals surface area contributed by atoms with Gasteiger partial charge in [-0.3, -0.25) is 0 Å². The van der Waals surface area contributed by atoms with Crippen LogP contribution in [0.25, 0.3) is 0 Å². The van der Waals surface area contributed by atoms with Crippen molar-refractivity contribution >= 4 is 12.0 Å². The number of urea groups is 1. The van der Waals surface area contributed by atoms with Gasteiger partial charge in [-0.15, -0.1) is 0 Å². The molecule has 2 fully saturated rings. The van der Waals surface area contributed by atoms with E-state index in [0.717, 1.165) is 6.42 Å². The molecule has 2 heterocycles. The van der Waals surface area contributed by atoms with E-state index >= 15 is 0 Å². The van der Waals surface area contributed by atoms with Gasteiger partial charge in [0.1, 0.15) is 0 Å². The summed E-state index contributed by atoms with van der Waals surface area (Å²) in [6.07, 6.45) is 0.976. The highest BCUT2D eigenvalue weighted by molar-refractivity contribution is 5.75. The minimum absolute atomic E-state index is 0.223. The van der Waals surface area contributed by atoms with Crippen molar-refractivity contribution in [3.63, 3.8) is 0 Å². The molecule has 2 saturated heterocycles. The summed E-state index contributed by atoms with van der Waals surface area (Å²) in [4.78, 5) is 22.4. The number of carboxylic acid groups (broad SMARTS) is 1. The fourth-order valence-corrected chi connectivity index (χ4v) is 2.33. The normalized spacial score (nSPS) is 34.2. The Morgan fingerprint density at radius 3 is 2.79 bits per heavy atom. The molecule has 7 heteroatoms. The molecule has 0 radical (unpaired) electrons. The molecule has 3 atom stereocenters. The number of nitrogens with one attached hydrogen (secondary N) is 2. The third kappa shape index (κ3) is 3.81. The van der Waals surface area contributed by atoms with E-state index in [-0.39, 0.29) is 17.7 Å². The van der Waals surface area contributed by atoms with E-state index < -0.39 is 12.1 Å². The van der Waals surface area contributed by atoms with Crippen LogP contribution in [0.5, 0.6) is 0 Å². The molecule has 7 nitrogen and oxygen atoms in total. The minimum atomic E-state index is -0.942. The second-order valence-electron chi connectivity index (χ2n) is 5.36. The molecule has 108 valence electrons. The van der Waals surface area contributed by atoms with E-state index in [0.29, 0.717) is 32.6 Å². The number of amides is 2. The van der Waals surface area contributed by atoms with Gasteiger partial charge in [0.15, 0.2) is 6.10 Å². The minimum Gasteiger partial charge on any atom is -0.479 e. The predicted octanol–water partition coefficient (Wildman–Crippen LogP) is 0.0968. The molecule has 0 aromatic carbocycles. The number of carbonyl (C=O) groups is 2. The molecule has 3 unspecified atom stereocenters. The largest absolute Gasteiger partial charge is 0.479 e. The van der Waals surface area contributed by atoms with E-state index in [9.17, 15) is 9.59 Å². The summed E-state index contributed by atoms with van der Waals surface area (Å²) in [5.74, 6) is -0.942. The lowest BCUT2D eigenvalue weighted by Gasteiger charge is -2.24. The maximum Gasteiger partial charge on any atom is 0.332 e. The van der Waals surface area contributed by atoms with Crippen LogP contribution in [0.15, 0.2) is 0 Å². The number of aliphatic carboxylic acids is 1. The fraction of sp³-hybridized carbons (Fsp3) is 0.833. The highest BCUT2D eigenvalue weighted by Gasteiger charge is 2.33. The van der Waals surface area contributed by atoms with Crippen LogP contribution in [0.1, 0.15) is 26.2 Å². The van der Waals surface area contributed by atoms with Crippen molar-refractivity contribution in [3.05, 3.63) is 0 Å². The highest BCUT2D eigenvalue weighted by atomic mass is 16.5. The molecule has 19 heavy (non-hydrogen) atoms. The first kappa shape index (κ1) is 14.1. The first-order chi connectivity index (χ1) is 8.98. The van der Waals surface area contributed by atoms with Crippen LogP contribution in [0.3, 0.4) is 0 Å². The standard InChI is InChI=1S/C12H20N2O5/c1-12(4-5-18-7-12)14-11(17)13-6-8-2-3-9(19-8)10(15)16/h8-9H,2-7H2,1H3,(H,15,16)(H2,13,14,17). The van der Waals surface area contributed by atoms with Gasteiger partial charge in [0.05, 0.1) is 18.2 Å². The maximum atomic E-state index is 11.7. The van der Waals surface area contributed by atoms with Crippen molar-refractivity contribution in [2.75, 3.05) is 19.8 Å². The van der Waals surface area contributed by atoms with Crippen molar-refractivity contribution < 1.29 is 24.2 Å². The van der Waals surface area contributed by atoms with E-state index in [1.807, 2.05) is 6.92 Å². The topological polar surface area (TPSA) is 96.9 Å². The summed E-state index contributed by atoms with van der Waals surface area (Å²) in [6, 6.07) is -0.268. The van der Waals surface area contributed by atoms with Gasteiger partial charge < -0.3 is 25.2 Å². The zero-order valence-electron chi connectivity index (χ0n) is 11.0. The van der Waals surface area contributed by atoms with E-state index in [2.05, 4.69) is 10.6 Å². The second kappa shape index (κ2) is 5.75. The molecular formula is C12H20N2O5. The Morgan fingerprint density at radius 2 is 2.21 bits per heavy atom. The average Bonchev–Trinajstić information content (AvgIpc) is 2.95. The van der Waals surface area contributed by atoms with Crippen molar-refractivity contribution in [3.8, 4) is 0 Å². The summed E-state index contributed by atoms with van der Waals surface area (Å²) in [5, 5.41) is 14.4. The summed E-state index contributed by atoms with van der Waals surface area (Å²) in [5.41, 5.74) is -0.315. The SMILES string of the molecule is CC1(NC(=O)NCC2CCC(C(=O)O)O2)CCOC1. The molecule has 2 rings (SSSR count). The molecule has 0 aliphatic carbocycles. The molecule has 2 amide bonds. The zero-order valence-corrected chi connectivity index (χ0v) is 11.0. The maximum absolute atomic E-state index is 11.7. The molecule has 2 aliphatic rings. The van der Waals surface area contributed by atoms with E-state index in [1.54, 1.807) is 0 Å². The van der Waals surface area contributed by atoms with Crippen LogP contribution in [-0.2, 0) is 14.3 Å². The van der Waals surface area contributed by atoms with Gasteiger partial charge in [0.2, 0.25) is 0 Å². The van der Waals surface area contributed by atoms with Crippen LogP contribution in [0.2, 0.25) is 0 Å². The number of hydrogen-bond acceptors (Lipinski definition) is 4. The van der Waals surface area contributed by atoms with E-state index in [1.165, 1.54) is 0 Å². The van der Waals surface area contributed by atoms with Crippen LogP contribution in [0, 0.1) is 0 Å². The van der Waals surface area contributed by atoms with Crippen molar-refractivity contribution in [2.24, 2.45) is 0 Å². The number of ether oxygens (including phenoxy) is 2. The molecule has 3 N–H and O–H groups in total. The average molecular weight is 272 g/mol. The summed E-state index contributed by atoms with van der Waals surface area (Å²) >= 11 is 0. The third-order valence-electron chi connectivity index (χ3n) is 3.51. The monoisotopic (exact) mass is 272 g/mol. The van der Waals surface area contributed by atoms with Crippen LogP contribution < -0.4 is 10.6 Å². The lowest BCUT2D eigenvalue weighted by atomic mass is 10.0. The van der Waals surface area contributed by atoms with Gasteiger partial charge in [-0.2, -0.15) is 0 Å². The first-order valence-corrected chi connectivity index (χ1v) is 6.50. The number of carboxylic acids is 1. The van der Waals surface area contributed by atoms with Crippen LogP contribution in [0.4, 0.5) is 4.79 Å². The van der Waals surface area contributed by atoms with Gasteiger partial charge in [-0.05, 0) is 26.2 Å². The molecule has 0 aromatic heterocycles. The van der Waals surface area contributed by atoms with Crippen molar-refractivity contribution in [2.45, 2.75) is 43.9 Å². The summed E-state index contributed by atoms with van der Waals surface area (Å²) in [6.45, 7) is 3.43. The summed E-state index contributed by atoms with van der Waals surface area (Å²) < 4.78 is 10.5. The Bertz CT molecular complexity index is 354. The molecule has 0 bridgehead atoms. The Labute approximate surface area is 111 Å². The first-order valence-electron chi connectivity index (χ1n) is 6.50. The highest BCUT2D eigenvalue weighted by Crippen LogP contribution is 2.19.